The van der Waals surface area contributed by atoms with Crippen LogP contribution in [0.3, 0.4) is 0 Å². The Hall–Kier alpha value is 0.790. The van der Waals surface area contributed by atoms with Gasteiger partial charge in [0.15, 0.2) is 0 Å². The van der Waals surface area contributed by atoms with Crippen LogP contribution >= 0.6 is 0 Å². The molecule has 0 aliphatic rings. The monoisotopic (exact) mass is 322 g/mol. The van der Waals surface area contributed by atoms with Crippen molar-refractivity contribution < 1.29 is 26.6 Å². The minimum absolute atomic E-state index is 0. The van der Waals surface area contributed by atoms with Gasteiger partial charge in [-0.1, -0.05) is 32.6 Å². The van der Waals surface area contributed by atoms with Crippen molar-refractivity contribution in [3.8, 4) is 0 Å². The maximum atomic E-state index is 10.2. The van der Waals surface area contributed by atoms with Gasteiger partial charge in [-0.25, -0.2) is 4.18 Å². The first kappa shape index (κ1) is 23.1. The van der Waals surface area contributed by atoms with Crippen molar-refractivity contribution in [2.45, 2.75) is 45.4 Å². The quantitative estimate of drug-likeness (QED) is 0.297. The molecule has 6 nitrogen and oxygen atoms in total. The van der Waals surface area contributed by atoms with Gasteiger partial charge in [0.2, 0.25) is 0 Å². The van der Waals surface area contributed by atoms with Gasteiger partial charge < -0.3 is 9.47 Å². The molecule has 20 heavy (non-hydrogen) atoms. The molecule has 8 heteroatoms. The fourth-order valence-corrected chi connectivity index (χ4v) is 1.78. The van der Waals surface area contributed by atoms with Crippen molar-refractivity contribution in [3.63, 3.8) is 0 Å². The standard InChI is InChI=1S/C12H26O6S.Na.H/c1-2-3-4-5-6-8-16-11-12-17-9-7-10-18-19(13,14)15;;/h2-12H2,1H3,(H,13,14,15);;. The van der Waals surface area contributed by atoms with E-state index in [0.29, 0.717) is 26.2 Å². The topological polar surface area (TPSA) is 82.1 Å². The van der Waals surface area contributed by atoms with E-state index in [1.54, 1.807) is 0 Å². The van der Waals surface area contributed by atoms with Crippen molar-refractivity contribution in [2.75, 3.05) is 33.0 Å². The first-order valence-electron chi connectivity index (χ1n) is 6.83. The van der Waals surface area contributed by atoms with Gasteiger partial charge in [-0.05, 0) is 12.8 Å². The van der Waals surface area contributed by atoms with E-state index in [0.717, 1.165) is 13.0 Å². The minimum atomic E-state index is -4.32. The summed E-state index contributed by atoms with van der Waals surface area (Å²) in [6.45, 7) is 4.30. The van der Waals surface area contributed by atoms with Crippen LogP contribution < -0.4 is 0 Å². The third-order valence-corrected chi connectivity index (χ3v) is 2.89. The van der Waals surface area contributed by atoms with Crippen LogP contribution in [0.2, 0.25) is 0 Å². The molecule has 0 heterocycles. The molecule has 0 radical (unpaired) electrons. The van der Waals surface area contributed by atoms with Crippen LogP contribution in [0.1, 0.15) is 45.4 Å². The van der Waals surface area contributed by atoms with Crippen molar-refractivity contribution in [3.05, 3.63) is 0 Å². The van der Waals surface area contributed by atoms with Gasteiger partial charge >= 0.3 is 40.0 Å². The summed E-state index contributed by atoms with van der Waals surface area (Å²) in [6, 6.07) is 0. The molecule has 1 N–H and O–H groups in total. The van der Waals surface area contributed by atoms with Crippen LogP contribution in [-0.4, -0.2) is 75.6 Å². The summed E-state index contributed by atoms with van der Waals surface area (Å²) < 4.78 is 43.4. The maximum absolute atomic E-state index is 10.2. The molecule has 0 atom stereocenters. The Kier molecular flexibility index (Phi) is 18.6. The average molecular weight is 322 g/mol. The molecule has 0 saturated heterocycles. The Morgan fingerprint density at radius 3 is 1.90 bits per heavy atom. The van der Waals surface area contributed by atoms with Crippen LogP contribution in [0.15, 0.2) is 0 Å². The summed E-state index contributed by atoms with van der Waals surface area (Å²) in [4.78, 5) is 0. The fourth-order valence-electron chi connectivity index (χ4n) is 1.45. The Morgan fingerprint density at radius 2 is 1.35 bits per heavy atom. The van der Waals surface area contributed by atoms with Crippen molar-refractivity contribution in [2.24, 2.45) is 0 Å². The summed E-state index contributed by atoms with van der Waals surface area (Å²) in [5.74, 6) is 0. The molecule has 0 spiro atoms. The van der Waals surface area contributed by atoms with E-state index in [1.165, 1.54) is 25.7 Å². The second-order valence-corrected chi connectivity index (χ2v) is 5.33. The van der Waals surface area contributed by atoms with E-state index in [1.807, 2.05) is 0 Å². The molecule has 0 saturated carbocycles. The number of hydrogen-bond acceptors (Lipinski definition) is 5. The first-order chi connectivity index (χ1) is 9.06. The van der Waals surface area contributed by atoms with E-state index in [4.69, 9.17) is 14.0 Å². The average Bonchev–Trinajstić information content (AvgIpc) is 2.34. The summed E-state index contributed by atoms with van der Waals surface area (Å²) >= 11 is 0. The van der Waals surface area contributed by atoms with Crippen molar-refractivity contribution >= 4 is 40.0 Å². The van der Waals surface area contributed by atoms with Gasteiger partial charge in [-0.15, -0.1) is 0 Å². The first-order valence-corrected chi connectivity index (χ1v) is 8.20. The van der Waals surface area contributed by atoms with Gasteiger partial charge in [0.1, 0.15) is 0 Å². The van der Waals surface area contributed by atoms with E-state index in [-0.39, 0.29) is 36.2 Å². The fraction of sp³-hybridized carbons (Fsp3) is 1.00. The van der Waals surface area contributed by atoms with Crippen LogP contribution in [0, 0.1) is 0 Å². The SMILES string of the molecule is CCCCCCCOCCOCCCOS(=O)(=O)O.[NaH]. The second kappa shape index (κ2) is 16.2. The third kappa shape index (κ3) is 21.1. The van der Waals surface area contributed by atoms with Crippen LogP contribution in [0.25, 0.3) is 0 Å². The number of hydrogen-bond donors (Lipinski definition) is 1. The summed E-state index contributed by atoms with van der Waals surface area (Å²) in [5, 5.41) is 0. The zero-order valence-electron chi connectivity index (χ0n) is 11.7. The predicted octanol–water partition coefficient (Wildman–Crippen LogP) is 1.55. The van der Waals surface area contributed by atoms with Crippen LogP contribution in [0.4, 0.5) is 0 Å². The molecule has 118 valence electrons. The molecule has 0 aromatic heterocycles. The zero-order valence-corrected chi connectivity index (χ0v) is 12.5. The Labute approximate surface area is 144 Å². The van der Waals surface area contributed by atoms with Gasteiger partial charge in [0.25, 0.3) is 0 Å². The Bertz CT molecular complexity index is 284. The van der Waals surface area contributed by atoms with Crippen LogP contribution in [-0.2, 0) is 24.1 Å². The van der Waals surface area contributed by atoms with Crippen molar-refractivity contribution in [1.82, 2.24) is 0 Å². The molecule has 0 amide bonds. The normalized spacial score (nSPS) is 11.3. The molecule has 0 aliphatic heterocycles. The molecule has 0 aliphatic carbocycles. The Morgan fingerprint density at radius 1 is 0.800 bits per heavy atom. The molecule has 0 rings (SSSR count). The zero-order chi connectivity index (χ0) is 14.4. The summed E-state index contributed by atoms with van der Waals surface area (Å²) in [6.07, 6.45) is 6.51. The van der Waals surface area contributed by atoms with Gasteiger partial charge in [0, 0.05) is 13.2 Å². The van der Waals surface area contributed by atoms with Gasteiger partial charge in [-0.3, -0.25) is 4.55 Å². The number of unbranched alkanes of at least 4 members (excludes halogenated alkanes) is 4. The summed E-state index contributed by atoms with van der Waals surface area (Å²) in [5.41, 5.74) is 0. The number of ether oxygens (including phenoxy) is 2. The van der Waals surface area contributed by atoms with Crippen molar-refractivity contribution in [1.29, 1.82) is 0 Å². The molecular formula is C12H27NaO6S. The molecule has 0 unspecified atom stereocenters. The van der Waals surface area contributed by atoms with Crippen LogP contribution in [0.5, 0.6) is 0 Å². The molecule has 0 bridgehead atoms. The predicted molar refractivity (Wildman–Crippen MR) is 79.7 cm³/mol. The van der Waals surface area contributed by atoms with Gasteiger partial charge in [0.05, 0.1) is 19.8 Å². The molecule has 0 fully saturated rings. The molecule has 0 aromatic rings. The second-order valence-electron chi connectivity index (χ2n) is 4.24. The molecule has 0 aromatic carbocycles. The summed E-state index contributed by atoms with van der Waals surface area (Å²) in [7, 11) is -4.32. The van der Waals surface area contributed by atoms with E-state index in [9.17, 15) is 8.42 Å². The van der Waals surface area contributed by atoms with Gasteiger partial charge in [-0.2, -0.15) is 8.42 Å². The van der Waals surface area contributed by atoms with E-state index < -0.39 is 10.4 Å². The van der Waals surface area contributed by atoms with E-state index in [2.05, 4.69) is 11.1 Å². The number of rotatable bonds is 14. The van der Waals surface area contributed by atoms with E-state index >= 15 is 0 Å². The third-order valence-electron chi connectivity index (χ3n) is 2.43. The molecular weight excluding hydrogens is 295 g/mol. The Balaban J connectivity index is 0.